The Morgan fingerprint density at radius 3 is 2.74 bits per heavy atom. The van der Waals surface area contributed by atoms with Crippen molar-refractivity contribution in [1.82, 2.24) is 29.2 Å². The van der Waals surface area contributed by atoms with Crippen molar-refractivity contribution in [3.63, 3.8) is 0 Å². The molecule has 4 aromatic rings. The predicted octanol–water partition coefficient (Wildman–Crippen LogP) is 3.81. The summed E-state index contributed by atoms with van der Waals surface area (Å²) in [6.45, 7) is 7.53. The van der Waals surface area contributed by atoms with Crippen LogP contribution in [-0.4, -0.2) is 74.2 Å². The Morgan fingerprint density at radius 2 is 2.00 bits per heavy atom. The predicted molar refractivity (Wildman–Crippen MR) is 148 cm³/mol. The molecule has 5 rings (SSSR count). The molecule has 200 valence electrons. The van der Waals surface area contributed by atoms with Crippen LogP contribution >= 0.6 is 11.3 Å². The highest BCUT2D eigenvalue weighted by Gasteiger charge is 2.25. The second-order valence-electron chi connectivity index (χ2n) is 10.1. The van der Waals surface area contributed by atoms with Crippen molar-refractivity contribution >= 4 is 34.8 Å². The van der Waals surface area contributed by atoms with Crippen LogP contribution in [0.15, 0.2) is 47.7 Å². The molecule has 1 aliphatic rings. The number of ether oxygens (including phenoxy) is 1. The van der Waals surface area contributed by atoms with Gasteiger partial charge in [-0.15, -0.1) is 0 Å². The lowest BCUT2D eigenvalue weighted by Gasteiger charge is -2.33. The van der Waals surface area contributed by atoms with Crippen molar-refractivity contribution in [3.05, 3.63) is 53.2 Å². The van der Waals surface area contributed by atoms with Crippen LogP contribution in [0.25, 0.3) is 17.0 Å². The number of anilines is 2. The summed E-state index contributed by atoms with van der Waals surface area (Å²) in [5.74, 6) is 1.40. The van der Waals surface area contributed by atoms with E-state index in [2.05, 4.69) is 43.6 Å². The highest BCUT2D eigenvalue weighted by molar-refractivity contribution is 7.08. The maximum Gasteiger partial charge on any atom is 0.405 e. The van der Waals surface area contributed by atoms with Gasteiger partial charge in [-0.1, -0.05) is 0 Å². The highest BCUT2D eigenvalue weighted by Crippen LogP contribution is 2.30. The van der Waals surface area contributed by atoms with Crippen LogP contribution < -0.4 is 16.0 Å². The molecule has 0 radical (unpaired) electrons. The summed E-state index contributed by atoms with van der Waals surface area (Å²) in [6, 6.07) is 3.89. The third kappa shape index (κ3) is 5.86. The molecule has 0 spiro atoms. The van der Waals surface area contributed by atoms with E-state index in [0.29, 0.717) is 18.8 Å². The van der Waals surface area contributed by atoms with Gasteiger partial charge in [0.05, 0.1) is 23.6 Å². The summed E-state index contributed by atoms with van der Waals surface area (Å²) in [5, 5.41) is 7.62. The first-order valence-corrected chi connectivity index (χ1v) is 13.6. The molecule has 0 bridgehead atoms. The van der Waals surface area contributed by atoms with Crippen molar-refractivity contribution < 1.29 is 9.53 Å². The normalized spacial score (nSPS) is 15.5. The molecule has 38 heavy (non-hydrogen) atoms. The average molecular weight is 536 g/mol. The molecule has 1 aliphatic heterocycles. The van der Waals surface area contributed by atoms with E-state index in [-0.39, 0.29) is 6.04 Å². The second kappa shape index (κ2) is 10.9. The summed E-state index contributed by atoms with van der Waals surface area (Å²) in [7, 11) is 2.14. The average Bonchev–Trinajstić information content (AvgIpc) is 3.57. The first-order valence-electron chi connectivity index (χ1n) is 12.7. The number of hydrogen-bond acceptors (Lipinski definition) is 10. The van der Waals surface area contributed by atoms with Crippen molar-refractivity contribution in [2.45, 2.75) is 38.3 Å². The zero-order chi connectivity index (χ0) is 26.7. The third-order valence-corrected chi connectivity index (χ3v) is 7.49. The van der Waals surface area contributed by atoms with Gasteiger partial charge in [0.15, 0.2) is 11.5 Å². The maximum absolute atomic E-state index is 11.3. The lowest BCUT2D eigenvalue weighted by molar-refractivity contribution is 0.0367. The number of carbonyl (C=O) groups excluding carboxylic acids is 1. The van der Waals surface area contributed by atoms with Gasteiger partial charge in [-0.05, 0) is 62.2 Å². The molecule has 5 heterocycles. The van der Waals surface area contributed by atoms with Crippen molar-refractivity contribution in [3.8, 4) is 11.4 Å². The Bertz CT molecular complexity index is 1380. The number of imidazole rings is 1. The molecule has 11 nitrogen and oxygen atoms in total. The largest absolute Gasteiger partial charge is 0.444 e. The Morgan fingerprint density at radius 1 is 1.18 bits per heavy atom. The van der Waals surface area contributed by atoms with Gasteiger partial charge in [-0.2, -0.15) is 11.3 Å². The minimum Gasteiger partial charge on any atom is -0.444 e. The topological polar surface area (TPSA) is 127 Å². The van der Waals surface area contributed by atoms with Gasteiger partial charge in [-0.3, -0.25) is 4.40 Å². The number of likely N-dealkylation sites (N-methyl/N-ethyl adjacent to an activating group) is 1. The summed E-state index contributed by atoms with van der Waals surface area (Å²) in [4.78, 5) is 34.6. The number of thiophene rings is 1. The van der Waals surface area contributed by atoms with Crippen LogP contribution in [0.5, 0.6) is 0 Å². The molecular formula is C26H33N9O2S. The molecule has 0 aromatic carbocycles. The number of rotatable bonds is 9. The van der Waals surface area contributed by atoms with E-state index in [9.17, 15) is 4.79 Å². The van der Waals surface area contributed by atoms with E-state index >= 15 is 0 Å². The van der Waals surface area contributed by atoms with E-state index in [1.165, 1.54) is 0 Å². The Hall–Kier alpha value is -3.77. The van der Waals surface area contributed by atoms with Crippen LogP contribution in [0.4, 0.5) is 16.6 Å². The van der Waals surface area contributed by atoms with Crippen molar-refractivity contribution in [2.75, 3.05) is 43.4 Å². The number of nitrogens with two attached hydrogens (primary N) is 1. The number of nitrogens with zero attached hydrogens (tertiary/aromatic N) is 7. The minimum absolute atomic E-state index is 0.0672. The lowest BCUT2D eigenvalue weighted by Crippen LogP contribution is -2.45. The standard InChI is InChI=1S/C26H33N9O2S/c1-26(2,37-24(27)36)7-4-19(18-6-15-38-17-18)31-25-29-8-5-20(32-25)21-16-30-23-22(28-9-10-35(21)23)34-13-11-33(3)12-14-34/h5-6,8-10,15-17,19H,4,7,11-14H2,1-3H3,(H2,27,36)(H,29,31,32). The maximum atomic E-state index is 11.3. The van der Waals surface area contributed by atoms with Crippen molar-refractivity contribution in [2.24, 2.45) is 5.73 Å². The monoisotopic (exact) mass is 535 g/mol. The summed E-state index contributed by atoms with van der Waals surface area (Å²) < 4.78 is 7.32. The summed E-state index contributed by atoms with van der Waals surface area (Å²) in [6.07, 6.45) is 7.85. The summed E-state index contributed by atoms with van der Waals surface area (Å²) in [5.41, 5.74) is 8.13. The van der Waals surface area contributed by atoms with Gasteiger partial charge in [0.1, 0.15) is 5.60 Å². The SMILES string of the molecule is CN1CCN(c2nccn3c(-c4ccnc(NC(CCC(C)(C)OC(N)=O)c5ccsc5)n4)cnc23)CC1. The zero-order valence-electron chi connectivity index (χ0n) is 21.9. The fraction of sp³-hybridized carbons (Fsp3) is 0.423. The highest BCUT2D eigenvalue weighted by atomic mass is 32.1. The van der Waals surface area contributed by atoms with Gasteiger partial charge < -0.3 is 25.6 Å². The van der Waals surface area contributed by atoms with Crippen LogP contribution in [0, 0.1) is 0 Å². The number of primary amides is 1. The smallest absolute Gasteiger partial charge is 0.405 e. The molecular weight excluding hydrogens is 502 g/mol. The molecule has 1 fully saturated rings. The number of piperazine rings is 1. The number of fused-ring (bicyclic) bond motifs is 1. The second-order valence-corrected chi connectivity index (χ2v) is 10.9. The molecule has 12 heteroatoms. The van der Waals surface area contributed by atoms with Crippen LogP contribution in [0.2, 0.25) is 0 Å². The quantitative estimate of drug-likeness (QED) is 0.329. The molecule has 1 saturated heterocycles. The molecule has 4 aromatic heterocycles. The number of aromatic nitrogens is 5. The Balaban J connectivity index is 1.38. The van der Waals surface area contributed by atoms with Gasteiger partial charge in [0, 0.05) is 44.8 Å². The number of carbonyl (C=O) groups is 1. The van der Waals surface area contributed by atoms with Gasteiger partial charge in [0.25, 0.3) is 0 Å². The molecule has 0 aliphatic carbocycles. The van der Waals surface area contributed by atoms with Gasteiger partial charge >= 0.3 is 6.09 Å². The molecule has 1 atom stereocenters. The Labute approximate surface area is 225 Å². The third-order valence-electron chi connectivity index (χ3n) is 6.79. The van der Waals surface area contributed by atoms with Crippen LogP contribution in [0.3, 0.4) is 0 Å². The van der Waals surface area contributed by atoms with Crippen LogP contribution in [0.1, 0.15) is 38.3 Å². The molecule has 1 unspecified atom stereocenters. The fourth-order valence-corrected chi connectivity index (χ4v) is 5.39. The zero-order valence-corrected chi connectivity index (χ0v) is 22.7. The molecule has 3 N–H and O–H groups in total. The van der Waals surface area contributed by atoms with E-state index in [4.69, 9.17) is 20.4 Å². The van der Waals surface area contributed by atoms with Crippen molar-refractivity contribution in [1.29, 1.82) is 0 Å². The van der Waals surface area contributed by atoms with E-state index in [1.807, 2.05) is 48.3 Å². The number of nitrogens with one attached hydrogen (secondary N) is 1. The first-order chi connectivity index (χ1) is 18.3. The molecule has 0 saturated carbocycles. The fourth-order valence-electron chi connectivity index (χ4n) is 4.67. The number of hydrogen-bond donors (Lipinski definition) is 2. The van der Waals surface area contributed by atoms with Gasteiger partial charge in [-0.25, -0.2) is 24.7 Å². The first kappa shape index (κ1) is 25.9. The van der Waals surface area contributed by atoms with Crippen LogP contribution in [-0.2, 0) is 4.74 Å². The van der Waals surface area contributed by atoms with Gasteiger partial charge in [0.2, 0.25) is 5.95 Å². The number of amides is 1. The van der Waals surface area contributed by atoms with E-state index in [0.717, 1.165) is 54.6 Å². The van der Waals surface area contributed by atoms with E-state index < -0.39 is 11.7 Å². The van der Waals surface area contributed by atoms with E-state index in [1.54, 1.807) is 17.5 Å². The lowest BCUT2D eigenvalue weighted by atomic mass is 9.96. The molecule has 1 amide bonds. The summed E-state index contributed by atoms with van der Waals surface area (Å²) >= 11 is 1.63. The minimum atomic E-state index is -0.773. The Kier molecular flexibility index (Phi) is 7.43.